The number of anilines is 1. The fourth-order valence-corrected chi connectivity index (χ4v) is 0.939. The van der Waals surface area contributed by atoms with E-state index in [1.54, 1.807) is 18.2 Å². The second-order valence-electron chi connectivity index (χ2n) is 2.65. The Hall–Kier alpha value is -1.84. The van der Waals surface area contributed by atoms with Crippen LogP contribution < -0.4 is 11.5 Å². The molecule has 1 heterocycles. The topological polar surface area (TPSA) is 82.0 Å². The molecule has 0 saturated heterocycles. The number of carbonyl (C=O) groups excluding carboxylic acids is 1. The Morgan fingerprint density at radius 3 is 2.77 bits per heavy atom. The van der Waals surface area contributed by atoms with Crippen molar-refractivity contribution < 1.29 is 4.79 Å². The van der Waals surface area contributed by atoms with Crippen molar-refractivity contribution in [3.05, 3.63) is 29.5 Å². The standard InChI is InChI=1S/C9H11N3O/c1-6-7(3-5-9(11)13)2-4-8(10)12-6/h2-5H,1H3,(H2,10,12)(H2,11,13)/b5-3+. The predicted molar refractivity (Wildman–Crippen MR) is 51.6 cm³/mol. The highest BCUT2D eigenvalue weighted by molar-refractivity contribution is 5.90. The first-order chi connectivity index (χ1) is 6.09. The van der Waals surface area contributed by atoms with E-state index in [1.165, 1.54) is 6.08 Å². The minimum atomic E-state index is -0.476. The molecule has 1 aromatic rings. The average Bonchev–Trinajstić information content (AvgIpc) is 2.02. The fourth-order valence-electron chi connectivity index (χ4n) is 0.939. The van der Waals surface area contributed by atoms with E-state index in [1.807, 2.05) is 6.92 Å². The van der Waals surface area contributed by atoms with E-state index in [9.17, 15) is 4.79 Å². The molecule has 4 nitrogen and oxygen atoms in total. The number of aryl methyl sites for hydroxylation is 1. The molecule has 0 spiro atoms. The lowest BCUT2D eigenvalue weighted by molar-refractivity contribution is -0.113. The molecule has 0 atom stereocenters. The molecule has 68 valence electrons. The van der Waals surface area contributed by atoms with Crippen LogP contribution in [-0.2, 0) is 4.79 Å². The van der Waals surface area contributed by atoms with E-state index in [2.05, 4.69) is 4.98 Å². The molecule has 13 heavy (non-hydrogen) atoms. The molecule has 0 radical (unpaired) electrons. The molecule has 0 aliphatic heterocycles. The zero-order valence-electron chi connectivity index (χ0n) is 7.32. The van der Waals surface area contributed by atoms with Crippen LogP contribution in [0, 0.1) is 6.92 Å². The third-order valence-electron chi connectivity index (χ3n) is 1.58. The Morgan fingerprint density at radius 1 is 1.54 bits per heavy atom. The monoisotopic (exact) mass is 177 g/mol. The first kappa shape index (κ1) is 9.25. The second-order valence-corrected chi connectivity index (χ2v) is 2.65. The number of amides is 1. The van der Waals surface area contributed by atoms with Gasteiger partial charge in [-0.3, -0.25) is 4.79 Å². The third kappa shape index (κ3) is 2.59. The third-order valence-corrected chi connectivity index (χ3v) is 1.58. The van der Waals surface area contributed by atoms with Crippen molar-refractivity contribution in [2.45, 2.75) is 6.92 Å². The summed E-state index contributed by atoms with van der Waals surface area (Å²) in [6, 6.07) is 3.46. The minimum Gasteiger partial charge on any atom is -0.384 e. The Morgan fingerprint density at radius 2 is 2.23 bits per heavy atom. The Balaban J connectivity index is 2.96. The highest BCUT2D eigenvalue weighted by atomic mass is 16.1. The van der Waals surface area contributed by atoms with Crippen molar-refractivity contribution >= 4 is 17.8 Å². The summed E-state index contributed by atoms with van der Waals surface area (Å²) in [5, 5.41) is 0. The molecule has 4 N–H and O–H groups in total. The smallest absolute Gasteiger partial charge is 0.241 e. The number of hydrogen-bond donors (Lipinski definition) is 2. The lowest BCUT2D eigenvalue weighted by atomic mass is 10.2. The number of hydrogen-bond acceptors (Lipinski definition) is 3. The molecule has 1 amide bonds. The second kappa shape index (κ2) is 3.71. The zero-order chi connectivity index (χ0) is 9.84. The molecular formula is C9H11N3O. The van der Waals surface area contributed by atoms with Gasteiger partial charge in [0.15, 0.2) is 0 Å². The fraction of sp³-hybridized carbons (Fsp3) is 0.111. The van der Waals surface area contributed by atoms with Crippen LogP contribution in [0.15, 0.2) is 18.2 Å². The highest BCUT2D eigenvalue weighted by Gasteiger charge is 1.95. The summed E-state index contributed by atoms with van der Waals surface area (Å²) in [6.07, 6.45) is 2.91. The van der Waals surface area contributed by atoms with Crippen LogP contribution in [0.2, 0.25) is 0 Å². The summed E-state index contributed by atoms with van der Waals surface area (Å²) >= 11 is 0. The summed E-state index contributed by atoms with van der Waals surface area (Å²) < 4.78 is 0. The molecule has 1 rings (SSSR count). The molecule has 0 fully saturated rings. The van der Waals surface area contributed by atoms with Crippen LogP contribution in [-0.4, -0.2) is 10.9 Å². The van der Waals surface area contributed by atoms with Crippen LogP contribution in [0.5, 0.6) is 0 Å². The number of nitrogens with zero attached hydrogens (tertiary/aromatic N) is 1. The molecule has 0 saturated carbocycles. The normalized spacial score (nSPS) is 10.5. The van der Waals surface area contributed by atoms with E-state index in [4.69, 9.17) is 11.5 Å². The van der Waals surface area contributed by atoms with Crippen molar-refractivity contribution in [1.82, 2.24) is 4.98 Å². The maximum absolute atomic E-state index is 10.4. The molecular weight excluding hydrogens is 166 g/mol. The van der Waals surface area contributed by atoms with Gasteiger partial charge < -0.3 is 11.5 Å². The number of carbonyl (C=O) groups is 1. The summed E-state index contributed by atoms with van der Waals surface area (Å²) in [6.45, 7) is 1.82. The predicted octanol–water partition coefficient (Wildman–Crippen LogP) is 0.471. The van der Waals surface area contributed by atoms with E-state index >= 15 is 0 Å². The van der Waals surface area contributed by atoms with Gasteiger partial charge >= 0.3 is 0 Å². The van der Waals surface area contributed by atoms with Crippen LogP contribution in [0.3, 0.4) is 0 Å². The van der Waals surface area contributed by atoms with Gasteiger partial charge in [-0.15, -0.1) is 0 Å². The lowest BCUT2D eigenvalue weighted by Gasteiger charge is -1.99. The van der Waals surface area contributed by atoms with E-state index < -0.39 is 5.91 Å². The van der Waals surface area contributed by atoms with Crippen molar-refractivity contribution in [3.8, 4) is 0 Å². The SMILES string of the molecule is Cc1nc(N)ccc1/C=C/C(N)=O. The molecule has 0 aliphatic carbocycles. The lowest BCUT2D eigenvalue weighted by Crippen LogP contribution is -2.05. The van der Waals surface area contributed by atoms with Crippen molar-refractivity contribution in [3.63, 3.8) is 0 Å². The quantitative estimate of drug-likeness (QED) is 0.644. The van der Waals surface area contributed by atoms with Gasteiger partial charge in [0.25, 0.3) is 0 Å². The number of nitrogen functional groups attached to an aromatic ring is 1. The number of aromatic nitrogens is 1. The van der Waals surface area contributed by atoms with Crippen LogP contribution in [0.1, 0.15) is 11.3 Å². The van der Waals surface area contributed by atoms with Crippen LogP contribution >= 0.6 is 0 Å². The number of rotatable bonds is 2. The van der Waals surface area contributed by atoms with E-state index in [-0.39, 0.29) is 0 Å². The molecule has 0 aliphatic rings. The van der Waals surface area contributed by atoms with Crippen molar-refractivity contribution in [2.75, 3.05) is 5.73 Å². The van der Waals surface area contributed by atoms with Gasteiger partial charge in [-0.2, -0.15) is 0 Å². The molecule has 1 aromatic heterocycles. The van der Waals surface area contributed by atoms with E-state index in [0.717, 1.165) is 11.3 Å². The zero-order valence-corrected chi connectivity index (χ0v) is 7.32. The summed E-state index contributed by atoms with van der Waals surface area (Å²) in [4.78, 5) is 14.5. The first-order valence-electron chi connectivity index (χ1n) is 3.80. The maximum atomic E-state index is 10.4. The summed E-state index contributed by atoms with van der Waals surface area (Å²) in [5.41, 5.74) is 12.0. The van der Waals surface area contributed by atoms with Crippen molar-refractivity contribution in [1.29, 1.82) is 0 Å². The number of pyridine rings is 1. The van der Waals surface area contributed by atoms with Gasteiger partial charge in [0.05, 0.1) is 0 Å². The maximum Gasteiger partial charge on any atom is 0.241 e. The van der Waals surface area contributed by atoms with Crippen molar-refractivity contribution in [2.24, 2.45) is 5.73 Å². The Bertz CT molecular complexity index is 358. The largest absolute Gasteiger partial charge is 0.384 e. The van der Waals surface area contributed by atoms with Gasteiger partial charge in [0.2, 0.25) is 5.91 Å². The Labute approximate surface area is 76.3 Å². The highest BCUT2D eigenvalue weighted by Crippen LogP contribution is 2.09. The molecule has 0 aromatic carbocycles. The molecule has 0 unspecified atom stereocenters. The van der Waals surface area contributed by atoms with Gasteiger partial charge in [-0.25, -0.2) is 4.98 Å². The summed E-state index contributed by atoms with van der Waals surface area (Å²) in [5.74, 6) is -0.00931. The van der Waals surface area contributed by atoms with Gasteiger partial charge in [-0.1, -0.05) is 0 Å². The van der Waals surface area contributed by atoms with E-state index in [0.29, 0.717) is 5.82 Å². The average molecular weight is 177 g/mol. The van der Waals surface area contributed by atoms with Crippen LogP contribution in [0.25, 0.3) is 6.08 Å². The molecule has 4 heteroatoms. The first-order valence-corrected chi connectivity index (χ1v) is 3.80. The van der Waals surface area contributed by atoms with Gasteiger partial charge in [0, 0.05) is 11.8 Å². The van der Waals surface area contributed by atoms with Crippen LogP contribution in [0.4, 0.5) is 5.82 Å². The van der Waals surface area contributed by atoms with Gasteiger partial charge in [-0.05, 0) is 30.7 Å². The number of primary amides is 1. The molecule has 0 bridgehead atoms. The van der Waals surface area contributed by atoms with Gasteiger partial charge in [0.1, 0.15) is 5.82 Å². The minimum absolute atomic E-state index is 0.466. The summed E-state index contributed by atoms with van der Waals surface area (Å²) in [7, 11) is 0. The number of nitrogens with two attached hydrogens (primary N) is 2. The Kier molecular flexibility index (Phi) is 2.64.